The SMILES string of the molecule is C=CC[C@H](N)[C@H](O)CCC. The Morgan fingerprint density at radius 1 is 1.70 bits per heavy atom. The van der Waals surface area contributed by atoms with E-state index in [-0.39, 0.29) is 12.1 Å². The maximum Gasteiger partial charge on any atom is 0.0694 e. The first-order chi connectivity index (χ1) is 4.72. The summed E-state index contributed by atoms with van der Waals surface area (Å²) in [5, 5.41) is 9.28. The van der Waals surface area contributed by atoms with Crippen LogP contribution in [0.3, 0.4) is 0 Å². The van der Waals surface area contributed by atoms with Crippen LogP contribution in [0.25, 0.3) is 0 Å². The molecule has 0 saturated heterocycles. The average molecular weight is 143 g/mol. The lowest BCUT2D eigenvalue weighted by Crippen LogP contribution is -2.33. The predicted octanol–water partition coefficient (Wildman–Crippen LogP) is 1.05. The number of nitrogens with two attached hydrogens (primary N) is 1. The van der Waals surface area contributed by atoms with Crippen LogP contribution in [0.1, 0.15) is 26.2 Å². The summed E-state index contributed by atoms with van der Waals surface area (Å²) in [6, 6.07) is -0.127. The molecule has 10 heavy (non-hydrogen) atoms. The third-order valence-electron chi connectivity index (χ3n) is 1.52. The van der Waals surface area contributed by atoms with E-state index in [1.54, 1.807) is 6.08 Å². The molecule has 0 aromatic rings. The Hall–Kier alpha value is -0.340. The molecule has 0 amide bonds. The van der Waals surface area contributed by atoms with Gasteiger partial charge in [0.05, 0.1) is 6.10 Å². The van der Waals surface area contributed by atoms with Crippen molar-refractivity contribution in [3.8, 4) is 0 Å². The summed E-state index contributed by atoms with van der Waals surface area (Å²) in [4.78, 5) is 0. The van der Waals surface area contributed by atoms with E-state index in [0.29, 0.717) is 6.42 Å². The van der Waals surface area contributed by atoms with Gasteiger partial charge in [-0.25, -0.2) is 0 Å². The molecule has 0 fully saturated rings. The van der Waals surface area contributed by atoms with Gasteiger partial charge in [0.25, 0.3) is 0 Å². The minimum atomic E-state index is -0.358. The van der Waals surface area contributed by atoms with Gasteiger partial charge in [0, 0.05) is 6.04 Å². The molecule has 2 heteroatoms. The second-order valence-corrected chi connectivity index (χ2v) is 2.54. The lowest BCUT2D eigenvalue weighted by atomic mass is 10.0. The first-order valence-electron chi connectivity index (χ1n) is 3.76. The molecule has 0 aromatic carbocycles. The highest BCUT2D eigenvalue weighted by atomic mass is 16.3. The van der Waals surface area contributed by atoms with Crippen LogP contribution in [0.2, 0.25) is 0 Å². The van der Waals surface area contributed by atoms with Gasteiger partial charge in [-0.15, -0.1) is 6.58 Å². The monoisotopic (exact) mass is 143 g/mol. The fourth-order valence-corrected chi connectivity index (χ4v) is 0.859. The maximum absolute atomic E-state index is 9.28. The number of hydrogen-bond donors (Lipinski definition) is 2. The van der Waals surface area contributed by atoms with Gasteiger partial charge in [-0.05, 0) is 12.8 Å². The topological polar surface area (TPSA) is 46.2 Å². The van der Waals surface area contributed by atoms with E-state index in [1.165, 1.54) is 0 Å². The van der Waals surface area contributed by atoms with Crippen LogP contribution >= 0.6 is 0 Å². The van der Waals surface area contributed by atoms with E-state index in [4.69, 9.17) is 5.73 Å². The van der Waals surface area contributed by atoms with E-state index in [9.17, 15) is 5.11 Å². The Kier molecular flexibility index (Phi) is 5.26. The van der Waals surface area contributed by atoms with Gasteiger partial charge in [-0.3, -0.25) is 0 Å². The summed E-state index contributed by atoms with van der Waals surface area (Å²) in [5.74, 6) is 0. The highest BCUT2D eigenvalue weighted by molar-refractivity contribution is 4.80. The molecule has 0 rings (SSSR count). The Bertz CT molecular complexity index is 93.3. The molecule has 0 spiro atoms. The van der Waals surface area contributed by atoms with Gasteiger partial charge < -0.3 is 10.8 Å². The van der Waals surface area contributed by atoms with Crippen molar-refractivity contribution in [3.05, 3.63) is 12.7 Å². The third-order valence-corrected chi connectivity index (χ3v) is 1.52. The normalized spacial score (nSPS) is 16.3. The Balaban J connectivity index is 3.47. The van der Waals surface area contributed by atoms with Crippen molar-refractivity contribution >= 4 is 0 Å². The molecule has 0 aliphatic carbocycles. The molecular weight excluding hydrogens is 126 g/mol. The maximum atomic E-state index is 9.28. The first kappa shape index (κ1) is 9.66. The summed E-state index contributed by atoms with van der Waals surface area (Å²) in [7, 11) is 0. The van der Waals surface area contributed by atoms with Gasteiger partial charge in [-0.1, -0.05) is 19.4 Å². The highest BCUT2D eigenvalue weighted by Crippen LogP contribution is 2.03. The molecule has 0 aliphatic rings. The summed E-state index contributed by atoms with van der Waals surface area (Å²) in [6.07, 6.45) is 3.84. The van der Waals surface area contributed by atoms with Crippen molar-refractivity contribution in [1.82, 2.24) is 0 Å². The molecule has 0 radical (unpaired) electrons. The van der Waals surface area contributed by atoms with Crippen LogP contribution in [0.15, 0.2) is 12.7 Å². The summed E-state index contributed by atoms with van der Waals surface area (Å²) in [6.45, 7) is 5.58. The van der Waals surface area contributed by atoms with E-state index in [0.717, 1.165) is 12.8 Å². The van der Waals surface area contributed by atoms with Gasteiger partial charge in [0.2, 0.25) is 0 Å². The van der Waals surface area contributed by atoms with E-state index < -0.39 is 0 Å². The molecule has 0 unspecified atom stereocenters. The molecule has 2 atom stereocenters. The minimum Gasteiger partial charge on any atom is -0.392 e. The predicted molar refractivity (Wildman–Crippen MR) is 43.7 cm³/mol. The smallest absolute Gasteiger partial charge is 0.0694 e. The Labute approximate surface area is 62.7 Å². The van der Waals surface area contributed by atoms with Gasteiger partial charge in [-0.2, -0.15) is 0 Å². The summed E-state index contributed by atoms with van der Waals surface area (Å²) >= 11 is 0. The lowest BCUT2D eigenvalue weighted by Gasteiger charge is -2.15. The number of aliphatic hydroxyl groups excluding tert-OH is 1. The van der Waals surface area contributed by atoms with Gasteiger partial charge in [0.1, 0.15) is 0 Å². The Morgan fingerprint density at radius 3 is 2.70 bits per heavy atom. The first-order valence-corrected chi connectivity index (χ1v) is 3.76. The number of aliphatic hydroxyl groups is 1. The lowest BCUT2D eigenvalue weighted by molar-refractivity contribution is 0.135. The summed E-state index contributed by atoms with van der Waals surface area (Å²) < 4.78 is 0. The highest BCUT2D eigenvalue weighted by Gasteiger charge is 2.10. The fraction of sp³-hybridized carbons (Fsp3) is 0.750. The van der Waals surface area contributed by atoms with Crippen molar-refractivity contribution in [2.45, 2.75) is 38.3 Å². The van der Waals surface area contributed by atoms with Crippen LogP contribution in [-0.2, 0) is 0 Å². The molecular formula is C8H17NO. The van der Waals surface area contributed by atoms with Crippen LogP contribution < -0.4 is 5.73 Å². The molecule has 0 bridgehead atoms. The molecule has 60 valence electrons. The van der Waals surface area contributed by atoms with Crippen LogP contribution in [0.5, 0.6) is 0 Å². The van der Waals surface area contributed by atoms with Crippen LogP contribution in [0, 0.1) is 0 Å². The standard InChI is InChI=1S/C8H17NO/c1-3-5-7(9)8(10)6-4-2/h3,7-8,10H,1,4-6,9H2,2H3/t7-,8+/m0/s1. The van der Waals surface area contributed by atoms with Crippen molar-refractivity contribution in [2.75, 3.05) is 0 Å². The van der Waals surface area contributed by atoms with Gasteiger partial charge >= 0.3 is 0 Å². The third kappa shape index (κ3) is 3.64. The van der Waals surface area contributed by atoms with Crippen molar-refractivity contribution < 1.29 is 5.11 Å². The molecule has 3 N–H and O–H groups in total. The average Bonchev–Trinajstić information content (AvgIpc) is 1.89. The largest absolute Gasteiger partial charge is 0.392 e. The van der Waals surface area contributed by atoms with Crippen molar-refractivity contribution in [2.24, 2.45) is 5.73 Å². The minimum absolute atomic E-state index is 0.127. The molecule has 2 nitrogen and oxygen atoms in total. The Morgan fingerprint density at radius 2 is 2.30 bits per heavy atom. The van der Waals surface area contributed by atoms with Crippen LogP contribution in [0.4, 0.5) is 0 Å². The molecule has 0 aliphatic heterocycles. The van der Waals surface area contributed by atoms with Crippen molar-refractivity contribution in [1.29, 1.82) is 0 Å². The second kappa shape index (κ2) is 5.45. The zero-order valence-corrected chi connectivity index (χ0v) is 6.59. The van der Waals surface area contributed by atoms with E-state index in [1.807, 2.05) is 6.92 Å². The van der Waals surface area contributed by atoms with Crippen LogP contribution in [-0.4, -0.2) is 17.3 Å². The van der Waals surface area contributed by atoms with E-state index >= 15 is 0 Å². The summed E-state index contributed by atoms with van der Waals surface area (Å²) in [5.41, 5.74) is 5.59. The number of hydrogen-bond acceptors (Lipinski definition) is 2. The number of rotatable bonds is 5. The zero-order chi connectivity index (χ0) is 7.98. The van der Waals surface area contributed by atoms with E-state index in [2.05, 4.69) is 6.58 Å². The fourth-order valence-electron chi connectivity index (χ4n) is 0.859. The molecule has 0 heterocycles. The quantitative estimate of drug-likeness (QED) is 0.565. The van der Waals surface area contributed by atoms with Gasteiger partial charge in [0.15, 0.2) is 0 Å². The second-order valence-electron chi connectivity index (χ2n) is 2.54. The molecule has 0 aromatic heterocycles. The zero-order valence-electron chi connectivity index (χ0n) is 6.59. The van der Waals surface area contributed by atoms with Crippen molar-refractivity contribution in [3.63, 3.8) is 0 Å². The molecule has 0 saturated carbocycles.